The summed E-state index contributed by atoms with van der Waals surface area (Å²) in [6.07, 6.45) is 32.4. The summed E-state index contributed by atoms with van der Waals surface area (Å²) in [4.78, 5) is 10.2. The maximum atomic E-state index is 12.5. The van der Waals surface area contributed by atoms with Crippen molar-refractivity contribution in [3.63, 3.8) is 0 Å². The lowest BCUT2D eigenvalue weighted by Gasteiger charge is -2.19. The highest BCUT2D eigenvalue weighted by Crippen LogP contribution is 2.45. The van der Waals surface area contributed by atoms with Crippen LogP contribution in [0.2, 0.25) is 0 Å². The Bertz CT molecular complexity index is 1490. The molecule has 6 atom stereocenters. The number of hydrogen-bond acceptors (Lipinski definition) is 6. The lowest BCUT2D eigenvalue weighted by molar-refractivity contribution is -0.0175. The Morgan fingerprint density at radius 1 is 0.542 bits per heavy atom. The highest BCUT2D eigenvalue weighted by Gasteiger charge is 2.45. The smallest absolute Gasteiger partial charge is 0.330 e. The fourth-order valence-corrected chi connectivity index (χ4v) is 8.40. The Hall–Kier alpha value is -2.09. The summed E-state index contributed by atoms with van der Waals surface area (Å²) in [6.45, 7) is 21.9. The second kappa shape index (κ2) is 31.7. The molecule has 1 aliphatic heterocycles. The first-order chi connectivity index (χ1) is 27.9. The molecule has 1 aliphatic rings. The summed E-state index contributed by atoms with van der Waals surface area (Å²) in [5, 5.41) is 29.1. The van der Waals surface area contributed by atoms with Crippen molar-refractivity contribution in [2.24, 2.45) is 5.92 Å². The SMILES string of the molecule is CC(C)=CCC/C(C)=C/CC/C(C)=C/CC/C(C)=C/CC/C(C)=C/CC/C(C)=C/CC/C(C)=C/CC/C(C)=C/CC[C@H](C)CCOP(=O)(O)C[C@H]1O[C@H](CO)[C@@H](O)[C@@H]1O. The number of allylic oxidation sites excluding steroid dienone is 16. The first-order valence-corrected chi connectivity index (χ1v) is 24.5. The molecule has 8 heteroatoms. The minimum Gasteiger partial charge on any atom is -0.394 e. The van der Waals surface area contributed by atoms with Gasteiger partial charge in [0.1, 0.15) is 18.3 Å². The molecule has 1 unspecified atom stereocenters. The van der Waals surface area contributed by atoms with E-state index in [2.05, 4.69) is 118 Å². The van der Waals surface area contributed by atoms with Crippen molar-refractivity contribution in [2.75, 3.05) is 19.4 Å². The van der Waals surface area contributed by atoms with Crippen LogP contribution in [0.5, 0.6) is 0 Å². The Labute approximate surface area is 361 Å². The normalized spacial score (nSPS) is 21.9. The first kappa shape index (κ1) is 54.9. The van der Waals surface area contributed by atoms with Gasteiger partial charge in [-0.2, -0.15) is 0 Å². The predicted octanol–water partition coefficient (Wildman–Crippen LogP) is 13.5. The number of aliphatic hydroxyl groups excluding tert-OH is 3. The predicted molar refractivity (Wildman–Crippen MR) is 252 cm³/mol. The van der Waals surface area contributed by atoms with Crippen LogP contribution in [-0.4, -0.2) is 64.0 Å². The van der Waals surface area contributed by atoms with E-state index in [0.717, 1.165) is 89.9 Å². The Morgan fingerprint density at radius 2 is 0.864 bits per heavy atom. The van der Waals surface area contributed by atoms with Gasteiger partial charge in [0, 0.05) is 0 Å². The molecule has 1 rings (SSSR count). The third-order valence-electron chi connectivity index (χ3n) is 11.4. The molecule has 0 amide bonds. The van der Waals surface area contributed by atoms with Crippen molar-refractivity contribution in [1.29, 1.82) is 0 Å². The third kappa shape index (κ3) is 28.2. The summed E-state index contributed by atoms with van der Waals surface area (Å²) in [6, 6.07) is 0. The van der Waals surface area contributed by atoms with E-state index in [1.54, 1.807) is 0 Å². The number of rotatable bonds is 31. The van der Waals surface area contributed by atoms with Crippen LogP contribution in [0.3, 0.4) is 0 Å². The zero-order valence-electron chi connectivity index (χ0n) is 39.1. The van der Waals surface area contributed by atoms with Gasteiger partial charge < -0.3 is 29.5 Å². The molecule has 0 aliphatic carbocycles. The fourth-order valence-electron chi connectivity index (χ4n) is 7.14. The molecule has 0 radical (unpaired) electrons. The zero-order valence-corrected chi connectivity index (χ0v) is 40.0. The fraction of sp³-hybridized carbons (Fsp3) is 0.686. The average Bonchev–Trinajstić information content (AvgIpc) is 3.41. The standard InChI is InChI=1S/C51H87O7P/c1-39(2)19-11-20-40(3)21-12-22-41(4)23-13-24-42(5)25-14-26-43(6)27-15-28-44(7)29-16-30-45(8)31-17-32-46(9)33-18-34-47(10)35-36-57-59(55,56)38-49-51(54)50(53)48(37-52)58-49/h19,21,23,25,27,29,31,33,47-54H,11-18,20,22,24,26,28,30,32,34-38H2,1-10H3,(H,55,56)/b40-21+,41-23+,42-25+,43-27+,44-29+,45-31+,46-33+/t47-,48+,49+,50+,51+/m0/s1. The van der Waals surface area contributed by atoms with Crippen LogP contribution in [-0.2, 0) is 13.8 Å². The third-order valence-corrected chi connectivity index (χ3v) is 12.8. The van der Waals surface area contributed by atoms with Gasteiger partial charge in [-0.05, 0) is 177 Å². The second-order valence-electron chi connectivity index (χ2n) is 17.9. The summed E-state index contributed by atoms with van der Waals surface area (Å²) >= 11 is 0. The van der Waals surface area contributed by atoms with Crippen LogP contribution < -0.4 is 0 Å². The minimum absolute atomic E-state index is 0.134. The molecular formula is C51H87O7P. The van der Waals surface area contributed by atoms with Crippen LogP contribution in [0.25, 0.3) is 0 Å². The maximum Gasteiger partial charge on any atom is 0.330 e. The summed E-state index contributed by atoms with van der Waals surface area (Å²) < 4.78 is 23.1. The van der Waals surface area contributed by atoms with E-state index >= 15 is 0 Å². The average molecular weight is 843 g/mol. The van der Waals surface area contributed by atoms with Gasteiger partial charge in [-0.3, -0.25) is 4.57 Å². The van der Waals surface area contributed by atoms with Crippen LogP contribution in [0.4, 0.5) is 0 Å². The van der Waals surface area contributed by atoms with Gasteiger partial charge in [-0.1, -0.05) is 100 Å². The van der Waals surface area contributed by atoms with Crippen LogP contribution in [0, 0.1) is 5.92 Å². The van der Waals surface area contributed by atoms with Gasteiger partial charge in [0.2, 0.25) is 0 Å². The molecule has 0 saturated carbocycles. The van der Waals surface area contributed by atoms with Gasteiger partial charge >= 0.3 is 7.60 Å². The Kier molecular flexibility index (Phi) is 29.5. The van der Waals surface area contributed by atoms with Crippen molar-refractivity contribution in [3.8, 4) is 0 Å². The summed E-state index contributed by atoms with van der Waals surface area (Å²) in [5.74, 6) is 0.326. The number of ether oxygens (including phenoxy) is 1. The second-order valence-corrected chi connectivity index (χ2v) is 19.8. The molecule has 0 bridgehead atoms. The molecule has 1 fully saturated rings. The molecule has 0 aromatic heterocycles. The summed E-state index contributed by atoms with van der Waals surface area (Å²) in [5.41, 5.74) is 11.7. The van der Waals surface area contributed by atoms with Gasteiger partial charge in [-0.25, -0.2) is 0 Å². The van der Waals surface area contributed by atoms with Gasteiger partial charge in [0.25, 0.3) is 0 Å². The molecule has 338 valence electrons. The van der Waals surface area contributed by atoms with E-state index in [0.29, 0.717) is 12.3 Å². The maximum absolute atomic E-state index is 12.5. The van der Waals surface area contributed by atoms with Crippen LogP contribution >= 0.6 is 7.60 Å². The van der Waals surface area contributed by atoms with Crippen molar-refractivity contribution >= 4 is 7.60 Å². The van der Waals surface area contributed by atoms with E-state index in [4.69, 9.17) is 9.26 Å². The highest BCUT2D eigenvalue weighted by atomic mass is 31.2. The highest BCUT2D eigenvalue weighted by molar-refractivity contribution is 7.52. The molecule has 7 nitrogen and oxygen atoms in total. The number of aliphatic hydroxyl groups is 3. The Morgan fingerprint density at radius 3 is 1.19 bits per heavy atom. The Balaban J connectivity index is 2.22. The summed E-state index contributed by atoms with van der Waals surface area (Å²) in [7, 11) is -4.00. The molecule has 1 heterocycles. The van der Waals surface area contributed by atoms with E-state index in [-0.39, 0.29) is 6.61 Å². The lowest BCUT2D eigenvalue weighted by Crippen LogP contribution is -2.34. The van der Waals surface area contributed by atoms with Crippen molar-refractivity contribution < 1.29 is 34.0 Å². The molecule has 0 aromatic carbocycles. The molecular weight excluding hydrogens is 756 g/mol. The van der Waals surface area contributed by atoms with Gasteiger partial charge in [0.15, 0.2) is 0 Å². The van der Waals surface area contributed by atoms with Gasteiger partial charge in [0.05, 0.1) is 25.5 Å². The molecule has 4 N–H and O–H groups in total. The van der Waals surface area contributed by atoms with E-state index < -0.39 is 44.8 Å². The molecule has 1 saturated heterocycles. The van der Waals surface area contributed by atoms with Crippen molar-refractivity contribution in [1.82, 2.24) is 0 Å². The molecule has 0 aromatic rings. The molecule has 59 heavy (non-hydrogen) atoms. The van der Waals surface area contributed by atoms with Crippen molar-refractivity contribution in [3.05, 3.63) is 93.2 Å². The van der Waals surface area contributed by atoms with Crippen molar-refractivity contribution in [2.45, 2.75) is 203 Å². The van der Waals surface area contributed by atoms with Crippen LogP contribution in [0.15, 0.2) is 93.2 Å². The zero-order chi connectivity index (χ0) is 44.2. The first-order valence-electron chi connectivity index (χ1n) is 22.7. The lowest BCUT2D eigenvalue weighted by atomic mass is 10.0. The van der Waals surface area contributed by atoms with E-state index in [1.165, 1.54) is 57.4 Å². The van der Waals surface area contributed by atoms with E-state index in [9.17, 15) is 24.8 Å². The molecule has 0 spiro atoms. The number of hydrogen-bond donors (Lipinski definition) is 4. The van der Waals surface area contributed by atoms with E-state index in [1.807, 2.05) is 0 Å². The van der Waals surface area contributed by atoms with Crippen LogP contribution in [0.1, 0.15) is 178 Å². The largest absolute Gasteiger partial charge is 0.394 e. The quantitative estimate of drug-likeness (QED) is 0.0406. The van der Waals surface area contributed by atoms with Gasteiger partial charge in [-0.15, -0.1) is 0 Å². The topological polar surface area (TPSA) is 116 Å². The monoisotopic (exact) mass is 843 g/mol. The minimum atomic E-state index is -4.00.